The van der Waals surface area contributed by atoms with Gasteiger partial charge in [0.15, 0.2) is 0 Å². The van der Waals surface area contributed by atoms with Crippen molar-refractivity contribution in [2.45, 2.75) is 12.8 Å². The highest BCUT2D eigenvalue weighted by atomic mass is 35.5. The summed E-state index contributed by atoms with van der Waals surface area (Å²) >= 11 is 5.81. The zero-order chi connectivity index (χ0) is 9.68. The largest absolute Gasteiger partial charge is 0.385 e. The summed E-state index contributed by atoms with van der Waals surface area (Å²) in [5.74, 6) is 0.386. The number of nitrogens with zero attached hydrogens (tertiary/aromatic N) is 1. The average Bonchev–Trinajstić information content (AvgIpc) is 2.12. The summed E-state index contributed by atoms with van der Waals surface area (Å²) in [5.41, 5.74) is 6.57. The van der Waals surface area contributed by atoms with Crippen molar-refractivity contribution in [1.29, 1.82) is 0 Å². The normalized spacial score (nSPS) is 10.3. The van der Waals surface area contributed by atoms with Crippen molar-refractivity contribution in [2.75, 3.05) is 19.5 Å². The quantitative estimate of drug-likeness (QED) is 0.756. The maximum Gasteiger partial charge on any atom is 0.142 e. The Morgan fingerprint density at radius 1 is 1.62 bits per heavy atom. The molecule has 72 valence electrons. The minimum Gasteiger partial charge on any atom is -0.385 e. The van der Waals surface area contributed by atoms with Gasteiger partial charge in [-0.15, -0.1) is 0 Å². The summed E-state index contributed by atoms with van der Waals surface area (Å²) in [6.45, 7) is 0.752. The second-order valence-electron chi connectivity index (χ2n) is 2.81. The van der Waals surface area contributed by atoms with Crippen LogP contribution in [0.1, 0.15) is 12.0 Å². The predicted molar refractivity (Wildman–Crippen MR) is 53.9 cm³/mol. The number of nitrogen functional groups attached to an aromatic ring is 1. The molecule has 3 nitrogen and oxygen atoms in total. The average molecular weight is 201 g/mol. The molecule has 0 amide bonds. The molecule has 0 spiro atoms. The third-order valence-corrected chi connectivity index (χ3v) is 2.04. The number of pyridine rings is 1. The van der Waals surface area contributed by atoms with Crippen molar-refractivity contribution in [1.82, 2.24) is 4.98 Å². The van der Waals surface area contributed by atoms with Gasteiger partial charge in [-0.05, 0) is 24.5 Å². The first kappa shape index (κ1) is 10.3. The molecule has 0 saturated carbocycles. The summed E-state index contributed by atoms with van der Waals surface area (Å²) < 4.78 is 4.94. The summed E-state index contributed by atoms with van der Waals surface area (Å²) in [6, 6.07) is 1.85. The Balaban J connectivity index is 2.53. The lowest BCUT2D eigenvalue weighted by atomic mass is 10.2. The smallest absolute Gasteiger partial charge is 0.142 e. The highest BCUT2D eigenvalue weighted by Crippen LogP contribution is 2.17. The zero-order valence-electron chi connectivity index (χ0n) is 7.59. The van der Waals surface area contributed by atoms with E-state index < -0.39 is 0 Å². The molecule has 13 heavy (non-hydrogen) atoms. The van der Waals surface area contributed by atoms with Crippen molar-refractivity contribution in [2.24, 2.45) is 0 Å². The van der Waals surface area contributed by atoms with Crippen molar-refractivity contribution < 1.29 is 4.74 Å². The SMILES string of the molecule is COCCCc1cnc(N)c(Cl)c1. The first-order valence-corrected chi connectivity index (χ1v) is 4.50. The van der Waals surface area contributed by atoms with Crippen LogP contribution in [-0.2, 0) is 11.2 Å². The van der Waals surface area contributed by atoms with E-state index in [2.05, 4.69) is 4.98 Å². The maximum atomic E-state index is 5.81. The number of rotatable bonds is 4. The number of anilines is 1. The van der Waals surface area contributed by atoms with Crippen LogP contribution in [0.5, 0.6) is 0 Å². The van der Waals surface area contributed by atoms with Gasteiger partial charge in [0.2, 0.25) is 0 Å². The minimum absolute atomic E-state index is 0.386. The van der Waals surface area contributed by atoms with Crippen LogP contribution in [0.4, 0.5) is 5.82 Å². The fourth-order valence-electron chi connectivity index (χ4n) is 1.05. The molecule has 0 bridgehead atoms. The molecule has 1 aromatic heterocycles. The van der Waals surface area contributed by atoms with Gasteiger partial charge in [0.1, 0.15) is 5.82 Å². The van der Waals surface area contributed by atoms with E-state index in [1.165, 1.54) is 0 Å². The molecule has 2 N–H and O–H groups in total. The van der Waals surface area contributed by atoms with Gasteiger partial charge in [-0.25, -0.2) is 4.98 Å². The van der Waals surface area contributed by atoms with E-state index in [1.54, 1.807) is 13.3 Å². The van der Waals surface area contributed by atoms with Crippen LogP contribution in [0.25, 0.3) is 0 Å². The highest BCUT2D eigenvalue weighted by molar-refractivity contribution is 6.32. The predicted octanol–water partition coefficient (Wildman–Crippen LogP) is 1.90. The number of halogens is 1. The number of aryl methyl sites for hydroxylation is 1. The van der Waals surface area contributed by atoms with Gasteiger partial charge in [-0.1, -0.05) is 11.6 Å². The Labute approximate surface area is 82.9 Å². The molecule has 1 heterocycles. The van der Waals surface area contributed by atoms with E-state index in [0.717, 1.165) is 25.0 Å². The molecule has 0 atom stereocenters. The molecule has 1 aromatic rings. The van der Waals surface area contributed by atoms with Crippen LogP contribution < -0.4 is 5.73 Å². The minimum atomic E-state index is 0.386. The van der Waals surface area contributed by atoms with Crippen LogP contribution in [-0.4, -0.2) is 18.7 Å². The van der Waals surface area contributed by atoms with Gasteiger partial charge >= 0.3 is 0 Å². The van der Waals surface area contributed by atoms with Gasteiger partial charge in [0.25, 0.3) is 0 Å². The van der Waals surface area contributed by atoms with Crippen LogP contribution in [0.2, 0.25) is 5.02 Å². The zero-order valence-corrected chi connectivity index (χ0v) is 8.34. The Morgan fingerprint density at radius 3 is 3.00 bits per heavy atom. The van der Waals surface area contributed by atoms with E-state index in [1.807, 2.05) is 6.07 Å². The van der Waals surface area contributed by atoms with Crippen molar-refractivity contribution in [3.63, 3.8) is 0 Å². The Bertz CT molecular complexity index is 278. The van der Waals surface area contributed by atoms with Crippen molar-refractivity contribution in [3.8, 4) is 0 Å². The van der Waals surface area contributed by atoms with Crippen molar-refractivity contribution >= 4 is 17.4 Å². The molecule has 0 radical (unpaired) electrons. The second-order valence-corrected chi connectivity index (χ2v) is 3.21. The summed E-state index contributed by atoms with van der Waals surface area (Å²) in [4.78, 5) is 3.96. The second kappa shape index (κ2) is 5.04. The lowest BCUT2D eigenvalue weighted by Crippen LogP contribution is -1.96. The fourth-order valence-corrected chi connectivity index (χ4v) is 1.23. The molecule has 0 saturated heterocycles. The lowest BCUT2D eigenvalue weighted by molar-refractivity contribution is 0.195. The number of aromatic nitrogens is 1. The monoisotopic (exact) mass is 200 g/mol. The van der Waals surface area contributed by atoms with Crippen LogP contribution >= 0.6 is 11.6 Å². The number of methoxy groups -OCH3 is 1. The Hall–Kier alpha value is -0.800. The molecule has 0 aliphatic rings. The third kappa shape index (κ3) is 3.20. The molecular weight excluding hydrogens is 188 g/mol. The van der Waals surface area contributed by atoms with E-state index in [9.17, 15) is 0 Å². The highest BCUT2D eigenvalue weighted by Gasteiger charge is 1.99. The van der Waals surface area contributed by atoms with E-state index in [0.29, 0.717) is 10.8 Å². The Kier molecular flexibility index (Phi) is 3.99. The van der Waals surface area contributed by atoms with E-state index >= 15 is 0 Å². The van der Waals surface area contributed by atoms with Crippen LogP contribution in [0.3, 0.4) is 0 Å². The van der Waals surface area contributed by atoms with Crippen LogP contribution in [0, 0.1) is 0 Å². The number of ether oxygens (including phenoxy) is 1. The topological polar surface area (TPSA) is 48.1 Å². The molecule has 0 aliphatic heterocycles. The summed E-state index contributed by atoms with van der Waals surface area (Å²) in [7, 11) is 1.69. The lowest BCUT2D eigenvalue weighted by Gasteiger charge is -2.02. The molecule has 4 heteroatoms. The number of hydrogen-bond acceptors (Lipinski definition) is 3. The first-order chi connectivity index (χ1) is 6.24. The molecular formula is C9H13ClN2O. The standard InChI is InChI=1S/C9H13ClN2O/c1-13-4-2-3-7-5-8(10)9(11)12-6-7/h5-6H,2-4H2,1H3,(H2,11,12). The number of hydrogen-bond donors (Lipinski definition) is 1. The van der Waals surface area contributed by atoms with Gasteiger partial charge in [0, 0.05) is 19.9 Å². The van der Waals surface area contributed by atoms with Gasteiger partial charge < -0.3 is 10.5 Å². The van der Waals surface area contributed by atoms with Gasteiger partial charge in [-0.2, -0.15) is 0 Å². The van der Waals surface area contributed by atoms with E-state index in [4.69, 9.17) is 22.1 Å². The maximum absolute atomic E-state index is 5.81. The fraction of sp³-hybridized carbons (Fsp3) is 0.444. The third-order valence-electron chi connectivity index (χ3n) is 1.74. The Morgan fingerprint density at radius 2 is 2.38 bits per heavy atom. The molecule has 0 aliphatic carbocycles. The summed E-state index contributed by atoms with van der Waals surface area (Å²) in [5, 5.41) is 0.523. The van der Waals surface area contributed by atoms with E-state index in [-0.39, 0.29) is 0 Å². The van der Waals surface area contributed by atoms with Crippen molar-refractivity contribution in [3.05, 3.63) is 22.8 Å². The van der Waals surface area contributed by atoms with Gasteiger partial charge in [0.05, 0.1) is 5.02 Å². The molecule has 0 unspecified atom stereocenters. The first-order valence-electron chi connectivity index (χ1n) is 4.13. The van der Waals surface area contributed by atoms with Crippen LogP contribution in [0.15, 0.2) is 12.3 Å². The molecule has 0 aromatic carbocycles. The van der Waals surface area contributed by atoms with Gasteiger partial charge in [-0.3, -0.25) is 0 Å². The molecule has 1 rings (SSSR count). The number of nitrogens with two attached hydrogens (primary N) is 1. The molecule has 0 fully saturated rings. The summed E-state index contributed by atoms with van der Waals surface area (Å²) in [6.07, 6.45) is 3.64.